The van der Waals surface area contributed by atoms with Crippen molar-refractivity contribution in [3.63, 3.8) is 0 Å². The van der Waals surface area contributed by atoms with E-state index in [2.05, 4.69) is 21.4 Å². The first kappa shape index (κ1) is 13.3. The maximum absolute atomic E-state index is 11.8. The van der Waals surface area contributed by atoms with Gasteiger partial charge in [0.1, 0.15) is 5.82 Å². The fourth-order valence-electron chi connectivity index (χ4n) is 2.28. The highest BCUT2D eigenvalue weighted by atomic mass is 16.1. The van der Waals surface area contributed by atoms with Crippen LogP contribution in [0.4, 0.5) is 5.82 Å². The van der Waals surface area contributed by atoms with Crippen LogP contribution in [0, 0.1) is 0 Å². The molecule has 5 heteroatoms. The number of benzene rings is 1. The summed E-state index contributed by atoms with van der Waals surface area (Å²) in [6, 6.07) is 11.5. The summed E-state index contributed by atoms with van der Waals surface area (Å²) in [5.74, 6) is 0.812. The number of pyridine rings is 1. The van der Waals surface area contributed by atoms with Gasteiger partial charge < -0.3 is 5.32 Å². The van der Waals surface area contributed by atoms with Crippen LogP contribution in [0.5, 0.6) is 0 Å². The Balaban J connectivity index is 2.09. The molecule has 0 spiro atoms. The van der Waals surface area contributed by atoms with Crippen LogP contribution in [-0.2, 0) is 6.54 Å². The van der Waals surface area contributed by atoms with Gasteiger partial charge in [0.05, 0.1) is 18.4 Å². The predicted molar refractivity (Wildman–Crippen MR) is 83.5 cm³/mol. The molecule has 0 aliphatic heterocycles. The number of fused-ring (bicyclic) bond motifs is 1. The number of aromatic nitrogens is 3. The Hall–Kier alpha value is -2.69. The molecule has 106 valence electrons. The predicted octanol–water partition coefficient (Wildman–Crippen LogP) is 2.27. The van der Waals surface area contributed by atoms with E-state index in [1.807, 2.05) is 31.2 Å². The lowest BCUT2D eigenvalue weighted by Gasteiger charge is -2.12. The summed E-state index contributed by atoms with van der Waals surface area (Å²) in [6.45, 7) is 3.25. The molecular weight excluding hydrogens is 264 g/mol. The molecule has 0 amide bonds. The highest BCUT2D eigenvalue weighted by Crippen LogP contribution is 2.20. The Bertz CT molecular complexity index is 826. The molecule has 2 heterocycles. The summed E-state index contributed by atoms with van der Waals surface area (Å²) in [7, 11) is 0. The molecule has 1 N–H and O–H groups in total. The molecule has 2 aromatic heterocycles. The zero-order chi connectivity index (χ0) is 14.7. The molecule has 0 saturated carbocycles. The van der Waals surface area contributed by atoms with Gasteiger partial charge in [0.15, 0.2) is 0 Å². The van der Waals surface area contributed by atoms with Crippen molar-refractivity contribution in [2.75, 3.05) is 11.9 Å². The molecule has 21 heavy (non-hydrogen) atoms. The number of rotatable bonds is 4. The summed E-state index contributed by atoms with van der Waals surface area (Å²) in [5, 5.41) is 4.32. The molecule has 5 nitrogen and oxygen atoms in total. The third-order valence-electron chi connectivity index (χ3n) is 3.28. The minimum atomic E-state index is -0.0689. The molecule has 3 rings (SSSR count). The van der Waals surface area contributed by atoms with Gasteiger partial charge in [-0.25, -0.2) is 9.97 Å². The van der Waals surface area contributed by atoms with Gasteiger partial charge in [0.25, 0.3) is 5.56 Å². The Morgan fingerprint density at radius 3 is 2.90 bits per heavy atom. The van der Waals surface area contributed by atoms with Crippen molar-refractivity contribution in [2.45, 2.75) is 13.5 Å². The molecular formula is C16H16N4O. The highest BCUT2D eigenvalue weighted by Gasteiger charge is 2.07. The average Bonchev–Trinajstić information content (AvgIpc) is 2.50. The van der Waals surface area contributed by atoms with Gasteiger partial charge in [-0.15, -0.1) is 0 Å². The molecule has 0 aliphatic carbocycles. The fraction of sp³-hybridized carbons (Fsp3) is 0.188. The molecule has 0 atom stereocenters. The van der Waals surface area contributed by atoms with Crippen molar-refractivity contribution in [3.8, 4) is 0 Å². The van der Waals surface area contributed by atoms with Crippen molar-refractivity contribution in [2.24, 2.45) is 0 Å². The largest absolute Gasteiger partial charge is 0.370 e. The molecule has 0 unspecified atom stereocenters. The molecule has 0 aliphatic rings. The van der Waals surface area contributed by atoms with Gasteiger partial charge >= 0.3 is 0 Å². The zero-order valence-electron chi connectivity index (χ0n) is 11.8. The van der Waals surface area contributed by atoms with Crippen molar-refractivity contribution < 1.29 is 0 Å². The van der Waals surface area contributed by atoms with Crippen molar-refractivity contribution in [1.82, 2.24) is 14.5 Å². The minimum absolute atomic E-state index is 0.0689. The highest BCUT2D eigenvalue weighted by molar-refractivity contribution is 5.81. The van der Waals surface area contributed by atoms with Gasteiger partial charge in [-0.1, -0.05) is 18.2 Å². The maximum Gasteiger partial charge on any atom is 0.253 e. The number of para-hydroxylation sites is 1. The number of hydrogen-bond acceptors (Lipinski definition) is 4. The van der Waals surface area contributed by atoms with Gasteiger partial charge in [-0.05, 0) is 19.1 Å². The van der Waals surface area contributed by atoms with Crippen LogP contribution in [0.25, 0.3) is 10.9 Å². The molecule has 0 radical (unpaired) electrons. The van der Waals surface area contributed by atoms with Crippen LogP contribution in [0.3, 0.4) is 0 Å². The van der Waals surface area contributed by atoms with Gasteiger partial charge in [0, 0.05) is 29.8 Å². The standard InChI is InChI=1S/C16H16N4O/c1-2-18-16-13(10-20-11-17-8-7-15(20)21)9-12-5-3-4-6-14(12)19-16/h3-9,11H,2,10H2,1H3,(H,18,19). The first-order valence-corrected chi connectivity index (χ1v) is 6.91. The van der Waals surface area contributed by atoms with Gasteiger partial charge in [-0.2, -0.15) is 0 Å². The summed E-state index contributed by atoms with van der Waals surface area (Å²) in [5.41, 5.74) is 1.85. The second-order valence-corrected chi connectivity index (χ2v) is 4.77. The van der Waals surface area contributed by atoms with Crippen LogP contribution in [0.15, 0.2) is 53.7 Å². The Kier molecular flexibility index (Phi) is 3.64. The zero-order valence-corrected chi connectivity index (χ0v) is 11.8. The SMILES string of the molecule is CCNc1nc2ccccc2cc1Cn1cnccc1=O. The normalized spacial score (nSPS) is 10.7. The van der Waals surface area contributed by atoms with Crippen molar-refractivity contribution >= 4 is 16.7 Å². The van der Waals surface area contributed by atoms with Crippen LogP contribution in [-0.4, -0.2) is 21.1 Å². The van der Waals surface area contributed by atoms with E-state index in [9.17, 15) is 4.79 Å². The van der Waals surface area contributed by atoms with Crippen LogP contribution in [0.2, 0.25) is 0 Å². The van der Waals surface area contributed by atoms with E-state index >= 15 is 0 Å². The van der Waals surface area contributed by atoms with Gasteiger partial charge in [-0.3, -0.25) is 9.36 Å². The van der Waals surface area contributed by atoms with E-state index in [0.29, 0.717) is 6.54 Å². The van der Waals surface area contributed by atoms with E-state index in [4.69, 9.17) is 0 Å². The maximum atomic E-state index is 11.8. The Morgan fingerprint density at radius 2 is 2.10 bits per heavy atom. The third kappa shape index (κ3) is 2.76. The van der Waals surface area contributed by atoms with E-state index in [1.165, 1.54) is 12.3 Å². The van der Waals surface area contributed by atoms with E-state index in [0.717, 1.165) is 28.8 Å². The first-order valence-electron chi connectivity index (χ1n) is 6.91. The second kappa shape index (κ2) is 5.75. The monoisotopic (exact) mass is 280 g/mol. The van der Waals surface area contributed by atoms with E-state index in [-0.39, 0.29) is 5.56 Å². The summed E-state index contributed by atoms with van der Waals surface area (Å²) in [4.78, 5) is 20.5. The van der Waals surface area contributed by atoms with Gasteiger partial charge in [0.2, 0.25) is 0 Å². The second-order valence-electron chi connectivity index (χ2n) is 4.77. The Morgan fingerprint density at radius 1 is 1.24 bits per heavy atom. The van der Waals surface area contributed by atoms with E-state index < -0.39 is 0 Å². The van der Waals surface area contributed by atoms with Crippen LogP contribution < -0.4 is 10.9 Å². The lowest BCUT2D eigenvalue weighted by Crippen LogP contribution is -2.20. The summed E-state index contributed by atoms with van der Waals surface area (Å²) < 4.78 is 1.58. The average molecular weight is 280 g/mol. The van der Waals surface area contributed by atoms with Crippen molar-refractivity contribution in [1.29, 1.82) is 0 Å². The number of anilines is 1. The minimum Gasteiger partial charge on any atom is -0.370 e. The Labute approximate surface area is 122 Å². The first-order chi connectivity index (χ1) is 10.3. The van der Waals surface area contributed by atoms with Crippen LogP contribution >= 0.6 is 0 Å². The number of hydrogen-bond donors (Lipinski definition) is 1. The third-order valence-corrected chi connectivity index (χ3v) is 3.28. The van der Waals surface area contributed by atoms with E-state index in [1.54, 1.807) is 10.9 Å². The summed E-state index contributed by atoms with van der Waals surface area (Å²) >= 11 is 0. The molecule has 0 bridgehead atoms. The lowest BCUT2D eigenvalue weighted by atomic mass is 10.1. The topological polar surface area (TPSA) is 59.8 Å². The van der Waals surface area contributed by atoms with Crippen molar-refractivity contribution in [3.05, 3.63) is 64.8 Å². The van der Waals surface area contributed by atoms with Crippen LogP contribution in [0.1, 0.15) is 12.5 Å². The molecule has 0 saturated heterocycles. The molecule has 0 fully saturated rings. The molecule has 1 aromatic carbocycles. The molecule has 3 aromatic rings. The smallest absolute Gasteiger partial charge is 0.253 e. The quantitative estimate of drug-likeness (QED) is 0.796. The number of nitrogens with one attached hydrogen (secondary N) is 1. The lowest BCUT2D eigenvalue weighted by molar-refractivity contribution is 0.735. The summed E-state index contributed by atoms with van der Waals surface area (Å²) in [6.07, 6.45) is 3.05. The fourth-order valence-corrected chi connectivity index (χ4v) is 2.28. The number of nitrogens with zero attached hydrogens (tertiary/aromatic N) is 3.